The van der Waals surface area contributed by atoms with E-state index in [1.54, 1.807) is 6.20 Å². The molecule has 1 amide bonds. The topological polar surface area (TPSA) is 48.5 Å². The van der Waals surface area contributed by atoms with Crippen LogP contribution < -0.4 is 5.32 Å². The molecule has 0 aromatic carbocycles. The number of carbonyl (C=O) groups is 1. The van der Waals surface area contributed by atoms with Gasteiger partial charge in [-0.15, -0.1) is 0 Å². The zero-order valence-electron chi connectivity index (χ0n) is 11.7. The Morgan fingerprint density at radius 1 is 1.42 bits per heavy atom. The Labute approximate surface area is 114 Å². The second-order valence-electron chi connectivity index (χ2n) is 4.98. The number of nitrogens with one attached hydrogen (secondary N) is 1. The van der Waals surface area contributed by atoms with Crippen LogP contribution in [0.2, 0.25) is 0 Å². The molecule has 1 N–H and O–H groups in total. The predicted octanol–water partition coefficient (Wildman–Crippen LogP) is 0.334. The van der Waals surface area contributed by atoms with Crippen molar-refractivity contribution in [3.8, 4) is 0 Å². The summed E-state index contributed by atoms with van der Waals surface area (Å²) in [5.74, 6) is 0.197. The van der Waals surface area contributed by atoms with Crippen molar-refractivity contribution in [2.45, 2.75) is 19.0 Å². The number of rotatable bonds is 4. The van der Waals surface area contributed by atoms with Gasteiger partial charge in [0.2, 0.25) is 5.91 Å². The van der Waals surface area contributed by atoms with Gasteiger partial charge in [0.15, 0.2) is 0 Å². The maximum atomic E-state index is 12.4. The molecule has 1 aliphatic rings. The lowest BCUT2D eigenvalue weighted by Gasteiger charge is -2.29. The smallest absolute Gasteiger partial charge is 0.241 e. The Hall–Kier alpha value is -1.46. The van der Waals surface area contributed by atoms with Gasteiger partial charge in [0.25, 0.3) is 0 Å². The summed E-state index contributed by atoms with van der Waals surface area (Å²) >= 11 is 0. The van der Waals surface area contributed by atoms with E-state index in [1.807, 2.05) is 37.2 Å². The van der Waals surface area contributed by atoms with Gasteiger partial charge in [0, 0.05) is 39.4 Å². The Morgan fingerprint density at radius 3 is 2.95 bits per heavy atom. The van der Waals surface area contributed by atoms with Crippen LogP contribution in [0.1, 0.15) is 12.1 Å². The molecule has 1 unspecified atom stereocenters. The van der Waals surface area contributed by atoms with Crippen molar-refractivity contribution < 1.29 is 4.79 Å². The van der Waals surface area contributed by atoms with E-state index in [1.165, 1.54) is 0 Å². The maximum Gasteiger partial charge on any atom is 0.241 e. The molecule has 5 nitrogen and oxygen atoms in total. The molecule has 0 bridgehead atoms. The quantitative estimate of drug-likeness (QED) is 0.850. The summed E-state index contributed by atoms with van der Waals surface area (Å²) < 4.78 is 0. The van der Waals surface area contributed by atoms with E-state index in [-0.39, 0.29) is 11.9 Å². The first-order valence-electron chi connectivity index (χ1n) is 6.76. The number of pyridine rings is 1. The number of carbonyl (C=O) groups excluding carboxylic acids is 1. The average Bonchev–Trinajstić information content (AvgIpc) is 2.55. The fourth-order valence-electron chi connectivity index (χ4n) is 2.49. The normalized spacial score (nSPS) is 21.5. The lowest BCUT2D eigenvalue weighted by atomic mass is 10.2. The zero-order chi connectivity index (χ0) is 13.7. The van der Waals surface area contributed by atoms with Gasteiger partial charge >= 0.3 is 0 Å². The molecule has 2 heterocycles. The number of likely N-dealkylation sites (N-methyl/N-ethyl adjacent to an activating group) is 2. The summed E-state index contributed by atoms with van der Waals surface area (Å²) in [5, 5.41) is 3.12. The van der Waals surface area contributed by atoms with Crippen molar-refractivity contribution in [3.05, 3.63) is 30.1 Å². The van der Waals surface area contributed by atoms with E-state index in [2.05, 4.69) is 15.2 Å². The molecule has 1 fully saturated rings. The minimum Gasteiger partial charge on any atom is -0.344 e. The summed E-state index contributed by atoms with van der Waals surface area (Å²) in [4.78, 5) is 20.8. The van der Waals surface area contributed by atoms with Crippen molar-refractivity contribution in [2.24, 2.45) is 0 Å². The molecule has 1 aromatic rings. The van der Waals surface area contributed by atoms with Crippen molar-refractivity contribution in [1.29, 1.82) is 0 Å². The number of hydrogen-bond acceptors (Lipinski definition) is 4. The average molecular weight is 262 g/mol. The van der Waals surface area contributed by atoms with Crippen LogP contribution in [0.3, 0.4) is 0 Å². The second kappa shape index (κ2) is 6.63. The van der Waals surface area contributed by atoms with Crippen molar-refractivity contribution in [1.82, 2.24) is 20.1 Å². The summed E-state index contributed by atoms with van der Waals surface area (Å²) in [6, 6.07) is 5.81. The van der Waals surface area contributed by atoms with Crippen LogP contribution in [0.5, 0.6) is 0 Å². The fraction of sp³-hybridized carbons (Fsp3) is 0.571. The molecule has 1 atom stereocenters. The Kier molecular flexibility index (Phi) is 4.87. The number of aromatic nitrogens is 1. The second-order valence-corrected chi connectivity index (χ2v) is 4.98. The van der Waals surface area contributed by atoms with Crippen LogP contribution in [0, 0.1) is 0 Å². The Balaban J connectivity index is 2.13. The molecular weight excluding hydrogens is 240 g/mol. The Bertz CT molecular complexity index is 409. The maximum absolute atomic E-state index is 12.4. The largest absolute Gasteiger partial charge is 0.344 e. The highest BCUT2D eigenvalue weighted by molar-refractivity contribution is 5.82. The first-order chi connectivity index (χ1) is 9.22. The SMILES string of the molecule is CNCC1C(=O)N(C)CCCN1Cc1ccccn1. The summed E-state index contributed by atoms with van der Waals surface area (Å²) in [7, 11) is 3.77. The molecule has 5 heteroatoms. The first-order valence-corrected chi connectivity index (χ1v) is 6.76. The lowest BCUT2D eigenvalue weighted by Crippen LogP contribution is -2.49. The third-order valence-electron chi connectivity index (χ3n) is 3.53. The van der Waals surface area contributed by atoms with Crippen molar-refractivity contribution in [2.75, 3.05) is 33.7 Å². The highest BCUT2D eigenvalue weighted by atomic mass is 16.2. The number of amides is 1. The minimum atomic E-state index is -0.0977. The third kappa shape index (κ3) is 3.52. The number of hydrogen-bond donors (Lipinski definition) is 1. The molecule has 1 aliphatic heterocycles. The highest BCUT2D eigenvalue weighted by Gasteiger charge is 2.30. The first kappa shape index (κ1) is 14.0. The number of nitrogens with zero attached hydrogens (tertiary/aromatic N) is 3. The van der Waals surface area contributed by atoms with Crippen LogP contribution in [-0.4, -0.2) is 60.5 Å². The summed E-state index contributed by atoms with van der Waals surface area (Å²) in [6.45, 7) is 3.17. The van der Waals surface area contributed by atoms with Gasteiger partial charge < -0.3 is 10.2 Å². The standard InChI is InChI=1S/C14H22N4O/c1-15-10-13-14(19)17(2)8-5-9-18(13)11-12-6-3-4-7-16-12/h3-4,6-7,13,15H,5,8-11H2,1-2H3. The van der Waals surface area contributed by atoms with Crippen molar-refractivity contribution in [3.63, 3.8) is 0 Å². The van der Waals surface area contributed by atoms with Gasteiger partial charge in [0.05, 0.1) is 5.69 Å². The fourth-order valence-corrected chi connectivity index (χ4v) is 2.49. The molecule has 1 saturated heterocycles. The van der Waals surface area contributed by atoms with Gasteiger partial charge in [-0.25, -0.2) is 0 Å². The summed E-state index contributed by atoms with van der Waals surface area (Å²) in [6.07, 6.45) is 2.81. The molecular formula is C14H22N4O. The van der Waals surface area contributed by atoms with Gasteiger partial charge in [-0.3, -0.25) is 14.7 Å². The lowest BCUT2D eigenvalue weighted by molar-refractivity contribution is -0.134. The van der Waals surface area contributed by atoms with Gasteiger partial charge in [0.1, 0.15) is 6.04 Å². The molecule has 0 spiro atoms. The predicted molar refractivity (Wildman–Crippen MR) is 74.6 cm³/mol. The summed E-state index contributed by atoms with van der Waals surface area (Å²) in [5.41, 5.74) is 1.01. The van der Waals surface area contributed by atoms with Gasteiger partial charge in [-0.2, -0.15) is 0 Å². The molecule has 19 heavy (non-hydrogen) atoms. The van der Waals surface area contributed by atoms with E-state index in [9.17, 15) is 4.79 Å². The van der Waals surface area contributed by atoms with Crippen LogP contribution in [-0.2, 0) is 11.3 Å². The monoisotopic (exact) mass is 262 g/mol. The van der Waals surface area contributed by atoms with Gasteiger partial charge in [-0.1, -0.05) is 6.07 Å². The van der Waals surface area contributed by atoms with Crippen LogP contribution in [0.4, 0.5) is 0 Å². The van der Waals surface area contributed by atoms with Crippen LogP contribution >= 0.6 is 0 Å². The molecule has 0 aliphatic carbocycles. The van der Waals surface area contributed by atoms with E-state index < -0.39 is 0 Å². The van der Waals surface area contributed by atoms with Crippen molar-refractivity contribution >= 4 is 5.91 Å². The van der Waals surface area contributed by atoms with E-state index in [0.29, 0.717) is 6.54 Å². The van der Waals surface area contributed by atoms with E-state index >= 15 is 0 Å². The van der Waals surface area contributed by atoms with Gasteiger partial charge in [-0.05, 0) is 25.6 Å². The van der Waals surface area contributed by atoms with Crippen LogP contribution in [0.25, 0.3) is 0 Å². The molecule has 2 rings (SSSR count). The zero-order valence-corrected chi connectivity index (χ0v) is 11.7. The molecule has 1 aromatic heterocycles. The minimum absolute atomic E-state index is 0.0977. The highest BCUT2D eigenvalue weighted by Crippen LogP contribution is 2.13. The molecule has 0 saturated carbocycles. The van der Waals surface area contributed by atoms with Crippen LogP contribution in [0.15, 0.2) is 24.4 Å². The molecule has 104 valence electrons. The molecule has 0 radical (unpaired) electrons. The Morgan fingerprint density at radius 2 is 2.26 bits per heavy atom. The van der Waals surface area contributed by atoms with E-state index in [0.717, 1.165) is 31.7 Å². The third-order valence-corrected chi connectivity index (χ3v) is 3.53. The van der Waals surface area contributed by atoms with E-state index in [4.69, 9.17) is 0 Å².